The maximum absolute atomic E-state index is 12.7. The molecule has 0 spiro atoms. The largest absolute Gasteiger partial charge is 0.327 e. The molecule has 1 aromatic rings. The van der Waals surface area contributed by atoms with Gasteiger partial charge in [0.15, 0.2) is 0 Å². The molecule has 2 N–H and O–H groups in total. The van der Waals surface area contributed by atoms with Gasteiger partial charge < -0.3 is 5.73 Å². The number of aryl methyl sites for hydroxylation is 1. The van der Waals surface area contributed by atoms with E-state index in [0.717, 1.165) is 12.8 Å². The number of sulfonamides is 1. The highest BCUT2D eigenvalue weighted by molar-refractivity contribution is 7.89. The standard InChI is InChI=1S/C14H19ClN2O2S/c1-9-6-11(15)3-5-14(9)20(18,19)17-7-10-2-4-13(16)12(10)8-17/h3,5-6,10,12-13H,2,4,7-8,16H2,1H3. The number of benzene rings is 1. The minimum atomic E-state index is -3.43. The second-order valence-electron chi connectivity index (χ2n) is 5.90. The summed E-state index contributed by atoms with van der Waals surface area (Å²) in [5.41, 5.74) is 6.77. The van der Waals surface area contributed by atoms with Crippen LogP contribution < -0.4 is 5.73 Å². The lowest BCUT2D eigenvalue weighted by Crippen LogP contribution is -2.33. The SMILES string of the molecule is Cc1cc(Cl)ccc1S(=O)(=O)N1CC2CCC(N)C2C1. The van der Waals surface area contributed by atoms with Gasteiger partial charge in [0.25, 0.3) is 0 Å². The normalized spacial score (nSPS) is 30.6. The zero-order valence-electron chi connectivity index (χ0n) is 11.4. The summed E-state index contributed by atoms with van der Waals surface area (Å²) in [6.07, 6.45) is 2.06. The topological polar surface area (TPSA) is 63.4 Å². The van der Waals surface area contributed by atoms with Crippen molar-refractivity contribution in [3.63, 3.8) is 0 Å². The van der Waals surface area contributed by atoms with Crippen molar-refractivity contribution in [3.05, 3.63) is 28.8 Å². The Kier molecular flexibility index (Phi) is 3.57. The van der Waals surface area contributed by atoms with Crippen LogP contribution in [0.1, 0.15) is 18.4 Å². The molecule has 0 aromatic heterocycles. The fraction of sp³-hybridized carbons (Fsp3) is 0.571. The van der Waals surface area contributed by atoms with E-state index in [4.69, 9.17) is 17.3 Å². The monoisotopic (exact) mass is 314 g/mol. The van der Waals surface area contributed by atoms with Gasteiger partial charge in [-0.05, 0) is 55.4 Å². The Balaban J connectivity index is 1.90. The van der Waals surface area contributed by atoms with Crippen molar-refractivity contribution in [2.45, 2.75) is 30.7 Å². The van der Waals surface area contributed by atoms with E-state index < -0.39 is 10.0 Å². The van der Waals surface area contributed by atoms with E-state index in [9.17, 15) is 8.42 Å². The molecule has 1 saturated heterocycles. The Morgan fingerprint density at radius 2 is 2.05 bits per heavy atom. The number of hydrogen-bond acceptors (Lipinski definition) is 3. The average Bonchev–Trinajstić information content (AvgIpc) is 2.92. The van der Waals surface area contributed by atoms with E-state index in [0.29, 0.717) is 40.4 Å². The summed E-state index contributed by atoms with van der Waals surface area (Å²) in [5.74, 6) is 0.741. The Bertz CT molecular complexity index is 632. The highest BCUT2D eigenvalue weighted by Crippen LogP contribution is 2.39. The molecule has 2 aliphatic rings. The molecule has 1 aliphatic carbocycles. The molecular formula is C14H19ClN2O2S. The van der Waals surface area contributed by atoms with Gasteiger partial charge in [-0.25, -0.2) is 8.42 Å². The molecule has 20 heavy (non-hydrogen) atoms. The molecule has 0 amide bonds. The number of rotatable bonds is 2. The van der Waals surface area contributed by atoms with Gasteiger partial charge in [0.05, 0.1) is 4.90 Å². The first-order valence-electron chi connectivity index (χ1n) is 6.91. The van der Waals surface area contributed by atoms with Gasteiger partial charge in [-0.1, -0.05) is 11.6 Å². The lowest BCUT2D eigenvalue weighted by Gasteiger charge is -2.19. The van der Waals surface area contributed by atoms with Crippen LogP contribution in [0.4, 0.5) is 0 Å². The third-order valence-electron chi connectivity index (χ3n) is 4.63. The molecule has 0 radical (unpaired) electrons. The van der Waals surface area contributed by atoms with Crippen LogP contribution in [-0.4, -0.2) is 31.9 Å². The number of nitrogens with zero attached hydrogens (tertiary/aromatic N) is 1. The first-order valence-corrected chi connectivity index (χ1v) is 8.73. The van der Waals surface area contributed by atoms with Gasteiger partial charge in [0.2, 0.25) is 10.0 Å². The number of nitrogens with two attached hydrogens (primary N) is 1. The van der Waals surface area contributed by atoms with Crippen molar-refractivity contribution in [2.24, 2.45) is 17.6 Å². The molecule has 110 valence electrons. The number of hydrogen-bond donors (Lipinski definition) is 1. The lowest BCUT2D eigenvalue weighted by atomic mass is 9.98. The van der Waals surface area contributed by atoms with Gasteiger partial charge in [-0.3, -0.25) is 0 Å². The summed E-state index contributed by atoms with van der Waals surface area (Å²) in [4.78, 5) is 0.357. The maximum Gasteiger partial charge on any atom is 0.243 e. The van der Waals surface area contributed by atoms with Gasteiger partial charge in [0, 0.05) is 24.2 Å². The van der Waals surface area contributed by atoms with Crippen LogP contribution >= 0.6 is 11.6 Å². The molecule has 2 fully saturated rings. The lowest BCUT2D eigenvalue weighted by molar-refractivity contribution is 0.427. The zero-order chi connectivity index (χ0) is 14.5. The Morgan fingerprint density at radius 1 is 1.30 bits per heavy atom. The first-order chi connectivity index (χ1) is 9.39. The van der Waals surface area contributed by atoms with Crippen LogP contribution in [0.2, 0.25) is 5.02 Å². The van der Waals surface area contributed by atoms with Crippen molar-refractivity contribution < 1.29 is 8.42 Å². The summed E-state index contributed by atoms with van der Waals surface area (Å²) < 4.78 is 27.1. The van der Waals surface area contributed by atoms with Crippen LogP contribution in [-0.2, 0) is 10.0 Å². The van der Waals surface area contributed by atoms with Crippen LogP contribution in [0.15, 0.2) is 23.1 Å². The van der Waals surface area contributed by atoms with Crippen LogP contribution in [0.25, 0.3) is 0 Å². The Labute approximate surface area is 125 Å². The molecule has 3 atom stereocenters. The number of fused-ring (bicyclic) bond motifs is 1. The average molecular weight is 315 g/mol. The highest BCUT2D eigenvalue weighted by atomic mass is 35.5. The van der Waals surface area contributed by atoms with Crippen LogP contribution in [0.5, 0.6) is 0 Å². The van der Waals surface area contributed by atoms with Crippen molar-refractivity contribution in [1.82, 2.24) is 4.31 Å². The molecule has 3 unspecified atom stereocenters. The summed E-state index contributed by atoms with van der Waals surface area (Å²) in [6.45, 7) is 2.93. The van der Waals surface area contributed by atoms with E-state index in [1.807, 2.05) is 0 Å². The predicted molar refractivity (Wildman–Crippen MR) is 79.1 cm³/mol. The second-order valence-corrected chi connectivity index (χ2v) is 8.24. The Morgan fingerprint density at radius 3 is 2.70 bits per heavy atom. The van der Waals surface area contributed by atoms with E-state index in [2.05, 4.69) is 0 Å². The summed E-state index contributed by atoms with van der Waals surface area (Å²) in [6, 6.07) is 5.06. The summed E-state index contributed by atoms with van der Waals surface area (Å²) >= 11 is 5.90. The van der Waals surface area contributed by atoms with Gasteiger partial charge in [-0.15, -0.1) is 0 Å². The predicted octanol–water partition coefficient (Wildman–Crippen LogP) is 2.01. The van der Waals surface area contributed by atoms with Crippen molar-refractivity contribution in [3.8, 4) is 0 Å². The fourth-order valence-corrected chi connectivity index (χ4v) is 5.47. The van der Waals surface area contributed by atoms with Crippen LogP contribution in [0.3, 0.4) is 0 Å². The molecule has 3 rings (SSSR count). The third kappa shape index (κ3) is 2.26. The highest BCUT2D eigenvalue weighted by Gasteiger charge is 2.45. The maximum atomic E-state index is 12.7. The summed E-state index contributed by atoms with van der Waals surface area (Å²) in [5, 5.41) is 0.557. The van der Waals surface area contributed by atoms with Gasteiger partial charge in [0.1, 0.15) is 0 Å². The van der Waals surface area contributed by atoms with Crippen molar-refractivity contribution in [2.75, 3.05) is 13.1 Å². The second kappa shape index (κ2) is 4.98. The number of halogens is 1. The van der Waals surface area contributed by atoms with E-state index in [1.165, 1.54) is 0 Å². The first kappa shape index (κ1) is 14.3. The fourth-order valence-electron chi connectivity index (χ4n) is 3.50. The molecule has 1 aromatic carbocycles. The molecule has 4 nitrogen and oxygen atoms in total. The quantitative estimate of drug-likeness (QED) is 0.908. The minimum Gasteiger partial charge on any atom is -0.327 e. The molecule has 1 heterocycles. The molecule has 0 bridgehead atoms. The Hall–Kier alpha value is -0.620. The molecule has 1 saturated carbocycles. The van der Waals surface area contributed by atoms with Crippen molar-refractivity contribution in [1.29, 1.82) is 0 Å². The van der Waals surface area contributed by atoms with Crippen molar-refractivity contribution >= 4 is 21.6 Å². The summed E-state index contributed by atoms with van der Waals surface area (Å²) in [7, 11) is -3.43. The van der Waals surface area contributed by atoms with Gasteiger partial charge >= 0.3 is 0 Å². The van der Waals surface area contributed by atoms with E-state index in [1.54, 1.807) is 29.4 Å². The molecule has 1 aliphatic heterocycles. The zero-order valence-corrected chi connectivity index (χ0v) is 13.0. The third-order valence-corrected chi connectivity index (χ3v) is 6.86. The van der Waals surface area contributed by atoms with Crippen LogP contribution in [0, 0.1) is 18.8 Å². The van der Waals surface area contributed by atoms with Gasteiger partial charge in [-0.2, -0.15) is 4.31 Å². The molecular weight excluding hydrogens is 296 g/mol. The minimum absolute atomic E-state index is 0.145. The van der Waals surface area contributed by atoms with E-state index >= 15 is 0 Å². The van der Waals surface area contributed by atoms with E-state index in [-0.39, 0.29) is 6.04 Å². The molecule has 6 heteroatoms. The smallest absolute Gasteiger partial charge is 0.243 e.